The lowest BCUT2D eigenvalue weighted by molar-refractivity contribution is -0.0498. The number of ether oxygens (including phenoxy) is 2. The number of amides is 2. The first-order valence-electron chi connectivity index (χ1n) is 12.5. The fraction of sp³-hybridized carbons (Fsp3) is 0.129. The van der Waals surface area contributed by atoms with E-state index < -0.39 is 6.61 Å². The molecular formula is C31H26F3N3O3. The van der Waals surface area contributed by atoms with Crippen LogP contribution in [0, 0.1) is 12.7 Å². The van der Waals surface area contributed by atoms with E-state index in [4.69, 9.17) is 4.74 Å². The summed E-state index contributed by atoms with van der Waals surface area (Å²) in [5.41, 5.74) is 8.07. The van der Waals surface area contributed by atoms with Gasteiger partial charge in [0.1, 0.15) is 23.1 Å². The van der Waals surface area contributed by atoms with Gasteiger partial charge in [-0.3, -0.25) is 10.3 Å². The highest BCUT2D eigenvalue weighted by atomic mass is 19.3. The predicted molar refractivity (Wildman–Crippen MR) is 148 cm³/mol. The molecule has 1 aliphatic heterocycles. The monoisotopic (exact) mass is 545 g/mol. The van der Waals surface area contributed by atoms with Crippen molar-refractivity contribution in [2.45, 2.75) is 13.5 Å². The van der Waals surface area contributed by atoms with Crippen LogP contribution in [-0.4, -0.2) is 31.2 Å². The van der Waals surface area contributed by atoms with Crippen molar-refractivity contribution in [2.75, 3.05) is 18.5 Å². The van der Waals surface area contributed by atoms with Crippen LogP contribution in [0.5, 0.6) is 17.2 Å². The molecule has 0 aliphatic carbocycles. The summed E-state index contributed by atoms with van der Waals surface area (Å²) in [7, 11) is 1.66. The van der Waals surface area contributed by atoms with Crippen molar-refractivity contribution < 1.29 is 27.4 Å². The molecule has 0 aromatic heterocycles. The Morgan fingerprint density at radius 2 is 1.50 bits per heavy atom. The van der Waals surface area contributed by atoms with Crippen LogP contribution in [0.4, 0.5) is 23.7 Å². The number of benzene rings is 4. The number of anilines is 1. The highest BCUT2D eigenvalue weighted by molar-refractivity contribution is 5.99. The van der Waals surface area contributed by atoms with Crippen LogP contribution < -0.4 is 19.8 Å². The summed E-state index contributed by atoms with van der Waals surface area (Å²) >= 11 is 0. The normalized spacial score (nSPS) is 12.9. The Balaban J connectivity index is 1.30. The zero-order chi connectivity index (χ0) is 28.2. The number of alkyl halides is 2. The lowest BCUT2D eigenvalue weighted by atomic mass is 10.00. The van der Waals surface area contributed by atoms with Crippen molar-refractivity contribution in [3.63, 3.8) is 0 Å². The molecule has 0 radical (unpaired) electrons. The van der Waals surface area contributed by atoms with E-state index in [1.54, 1.807) is 37.4 Å². The molecule has 1 aliphatic rings. The van der Waals surface area contributed by atoms with Gasteiger partial charge in [0.05, 0.1) is 12.2 Å². The minimum absolute atomic E-state index is 0.0361. The largest absolute Gasteiger partial charge is 0.457 e. The van der Waals surface area contributed by atoms with E-state index in [1.807, 2.05) is 37.3 Å². The van der Waals surface area contributed by atoms with Crippen molar-refractivity contribution in [3.8, 4) is 17.2 Å². The van der Waals surface area contributed by atoms with Gasteiger partial charge in [0, 0.05) is 18.3 Å². The lowest BCUT2D eigenvalue weighted by Crippen LogP contribution is -2.45. The molecule has 4 aromatic rings. The zero-order valence-corrected chi connectivity index (χ0v) is 21.8. The molecule has 204 valence electrons. The number of urea groups is 1. The molecule has 0 saturated heterocycles. The number of aryl methyl sites for hydroxylation is 1. The van der Waals surface area contributed by atoms with Gasteiger partial charge in [0.25, 0.3) is 0 Å². The van der Waals surface area contributed by atoms with Crippen LogP contribution in [-0.2, 0) is 0 Å². The highest BCUT2D eigenvalue weighted by Gasteiger charge is 2.30. The predicted octanol–water partition coefficient (Wildman–Crippen LogP) is 7.47. The quantitative estimate of drug-likeness (QED) is 0.262. The molecule has 1 heterocycles. The van der Waals surface area contributed by atoms with Crippen molar-refractivity contribution in [2.24, 2.45) is 0 Å². The molecular weight excluding hydrogens is 519 g/mol. The molecule has 4 aromatic carbocycles. The number of carbonyl (C=O) groups is 1. The SMILES string of the molecule is Cc1ccc(C2=C(c3cccc(F)c3)CN(C(=O)N(C)c3ccc(Oc4ccc(OC(F)F)cc4)cc3)N2)cc1. The van der Waals surface area contributed by atoms with E-state index in [0.717, 1.165) is 22.4 Å². The van der Waals surface area contributed by atoms with Gasteiger partial charge in [0.15, 0.2) is 0 Å². The van der Waals surface area contributed by atoms with E-state index in [0.29, 0.717) is 22.7 Å². The van der Waals surface area contributed by atoms with Gasteiger partial charge in [-0.05, 0) is 78.7 Å². The number of nitrogens with zero attached hydrogens (tertiary/aromatic N) is 2. The van der Waals surface area contributed by atoms with Crippen molar-refractivity contribution >= 4 is 23.0 Å². The summed E-state index contributed by atoms with van der Waals surface area (Å²) in [5.74, 6) is 0.631. The summed E-state index contributed by atoms with van der Waals surface area (Å²) in [5, 5.41) is 1.49. The maximum absolute atomic E-state index is 14.1. The molecule has 0 bridgehead atoms. The molecule has 0 fully saturated rings. The molecule has 0 saturated carbocycles. The number of halogens is 3. The summed E-state index contributed by atoms with van der Waals surface area (Å²) < 4.78 is 48.9. The van der Waals surface area contributed by atoms with Crippen molar-refractivity contribution in [1.29, 1.82) is 0 Å². The van der Waals surface area contributed by atoms with Gasteiger partial charge in [-0.15, -0.1) is 0 Å². The van der Waals surface area contributed by atoms with E-state index in [2.05, 4.69) is 10.2 Å². The van der Waals surface area contributed by atoms with Crippen LogP contribution in [0.25, 0.3) is 11.3 Å². The second-order valence-corrected chi connectivity index (χ2v) is 9.22. The van der Waals surface area contributed by atoms with Crippen LogP contribution in [0.2, 0.25) is 0 Å². The maximum Gasteiger partial charge on any atom is 0.387 e. The number of carbonyl (C=O) groups excluding carboxylic acids is 1. The second kappa shape index (κ2) is 11.4. The number of rotatable bonds is 7. The Morgan fingerprint density at radius 3 is 2.12 bits per heavy atom. The fourth-order valence-electron chi connectivity index (χ4n) is 4.32. The van der Waals surface area contributed by atoms with Crippen LogP contribution >= 0.6 is 0 Å². The van der Waals surface area contributed by atoms with E-state index in [1.165, 1.54) is 46.3 Å². The number of hydrogen-bond donors (Lipinski definition) is 1. The van der Waals surface area contributed by atoms with Gasteiger partial charge in [-0.2, -0.15) is 8.78 Å². The maximum atomic E-state index is 14.1. The Labute approximate surface area is 229 Å². The number of hydrazine groups is 1. The van der Waals surface area contributed by atoms with E-state index in [-0.39, 0.29) is 24.1 Å². The Hall–Kier alpha value is -4.92. The van der Waals surface area contributed by atoms with E-state index >= 15 is 0 Å². The van der Waals surface area contributed by atoms with Gasteiger partial charge in [0.2, 0.25) is 0 Å². The first-order valence-corrected chi connectivity index (χ1v) is 12.5. The first-order chi connectivity index (χ1) is 19.3. The Bertz CT molecular complexity index is 1520. The topological polar surface area (TPSA) is 54.0 Å². The third kappa shape index (κ3) is 6.04. The molecule has 2 amide bonds. The summed E-state index contributed by atoms with van der Waals surface area (Å²) in [6.07, 6.45) is 0. The van der Waals surface area contributed by atoms with E-state index in [9.17, 15) is 18.0 Å². The molecule has 1 N–H and O–H groups in total. The summed E-state index contributed by atoms with van der Waals surface area (Å²) in [6.45, 7) is -0.661. The smallest absolute Gasteiger partial charge is 0.387 e. The molecule has 6 nitrogen and oxygen atoms in total. The van der Waals surface area contributed by atoms with Gasteiger partial charge >= 0.3 is 12.6 Å². The van der Waals surface area contributed by atoms with Crippen molar-refractivity contribution in [3.05, 3.63) is 120 Å². The second-order valence-electron chi connectivity index (χ2n) is 9.22. The average Bonchev–Trinajstić information content (AvgIpc) is 3.39. The molecule has 5 rings (SSSR count). The summed E-state index contributed by atoms with van der Waals surface area (Å²) in [6, 6.07) is 26.6. The summed E-state index contributed by atoms with van der Waals surface area (Å²) in [4.78, 5) is 15.0. The van der Waals surface area contributed by atoms with Gasteiger partial charge < -0.3 is 9.47 Å². The van der Waals surface area contributed by atoms with Gasteiger partial charge in [-0.25, -0.2) is 14.2 Å². The molecule has 0 atom stereocenters. The molecule has 0 unspecified atom stereocenters. The van der Waals surface area contributed by atoms with Crippen molar-refractivity contribution in [1.82, 2.24) is 10.4 Å². The third-order valence-electron chi connectivity index (χ3n) is 6.40. The van der Waals surface area contributed by atoms with Gasteiger partial charge in [-0.1, -0.05) is 42.0 Å². The molecule has 9 heteroatoms. The zero-order valence-electron chi connectivity index (χ0n) is 21.8. The Kier molecular flexibility index (Phi) is 7.63. The number of hydrogen-bond acceptors (Lipinski definition) is 4. The molecule has 40 heavy (non-hydrogen) atoms. The van der Waals surface area contributed by atoms with Crippen LogP contribution in [0.1, 0.15) is 16.7 Å². The minimum atomic E-state index is -2.90. The molecule has 0 spiro atoms. The Morgan fingerprint density at radius 1 is 0.875 bits per heavy atom. The minimum Gasteiger partial charge on any atom is -0.457 e. The number of nitrogens with one attached hydrogen (secondary N) is 1. The van der Waals surface area contributed by atoms with Crippen LogP contribution in [0.15, 0.2) is 97.1 Å². The third-order valence-corrected chi connectivity index (χ3v) is 6.40. The average molecular weight is 546 g/mol. The highest BCUT2D eigenvalue weighted by Crippen LogP contribution is 2.32. The first kappa shape index (κ1) is 26.7. The fourth-order valence-corrected chi connectivity index (χ4v) is 4.32. The standard InChI is InChI=1S/C31H26F3N3O3/c1-20-6-8-21(9-7-20)29-28(22-4-3-5-23(32)18-22)19-37(35-29)31(38)36(2)24-10-12-25(13-11-24)39-26-14-16-27(17-15-26)40-30(33)34/h3-18,30,35H,19H2,1-2H3. The van der Waals surface area contributed by atoms with Crippen LogP contribution in [0.3, 0.4) is 0 Å². The lowest BCUT2D eigenvalue weighted by Gasteiger charge is -2.25.